The monoisotopic (exact) mass is 448 g/mol. The van der Waals surface area contributed by atoms with Gasteiger partial charge in [0, 0.05) is 3.57 Å². The first-order chi connectivity index (χ1) is 10.0. The van der Waals surface area contributed by atoms with Crippen LogP contribution in [0.4, 0.5) is 17.6 Å². The van der Waals surface area contributed by atoms with Gasteiger partial charge in [-0.3, -0.25) is 0 Å². The number of benzene rings is 1. The summed E-state index contributed by atoms with van der Waals surface area (Å²) in [4.78, 5) is 0. The van der Waals surface area contributed by atoms with Crippen LogP contribution in [0, 0.1) is 10.5 Å². The van der Waals surface area contributed by atoms with Crippen molar-refractivity contribution in [2.75, 3.05) is 0 Å². The van der Waals surface area contributed by atoms with Crippen molar-refractivity contribution in [2.24, 2.45) is 0 Å². The summed E-state index contributed by atoms with van der Waals surface area (Å²) < 4.78 is 58.5. The highest BCUT2D eigenvalue weighted by Gasteiger charge is 2.82. The van der Waals surface area contributed by atoms with E-state index in [1.165, 1.54) is 6.07 Å². The van der Waals surface area contributed by atoms with E-state index in [0.29, 0.717) is 3.57 Å². The number of hydrogen-bond acceptors (Lipinski definition) is 1. The van der Waals surface area contributed by atoms with E-state index in [9.17, 15) is 22.7 Å². The van der Waals surface area contributed by atoms with Crippen LogP contribution in [0.2, 0.25) is 5.02 Å². The molecular formula is C15H14ClF4IO. The molecule has 3 aliphatic carbocycles. The van der Waals surface area contributed by atoms with Crippen LogP contribution in [0.3, 0.4) is 0 Å². The molecule has 3 fully saturated rings. The third kappa shape index (κ3) is 1.75. The molecule has 1 N–H and O–H groups in total. The van der Waals surface area contributed by atoms with E-state index in [4.69, 9.17) is 11.6 Å². The minimum Gasteiger partial charge on any atom is -0.383 e. The summed E-state index contributed by atoms with van der Waals surface area (Å²) in [5, 5.41) is 10.1. The lowest BCUT2D eigenvalue weighted by Crippen LogP contribution is -2.74. The Bertz CT molecular complexity index is 639. The van der Waals surface area contributed by atoms with Crippen LogP contribution in [-0.4, -0.2) is 22.6 Å². The summed E-state index contributed by atoms with van der Waals surface area (Å²) >= 11 is 8.16. The Labute approximate surface area is 144 Å². The SMILES string of the molecule is Cc1ccc(C23CCC(O)(CC2)C(F)(F)C3(F)F)c(Cl)c1I. The molecule has 0 aliphatic heterocycles. The summed E-state index contributed by atoms with van der Waals surface area (Å²) in [6, 6.07) is 3.06. The number of fused-ring (bicyclic) bond motifs is 3. The molecule has 2 bridgehead atoms. The van der Waals surface area contributed by atoms with E-state index in [1.54, 1.807) is 13.0 Å². The molecule has 0 saturated heterocycles. The summed E-state index contributed by atoms with van der Waals surface area (Å²) in [5.74, 6) is -8.80. The summed E-state index contributed by atoms with van der Waals surface area (Å²) in [7, 11) is 0. The van der Waals surface area contributed by atoms with Crippen molar-refractivity contribution in [3.05, 3.63) is 31.9 Å². The lowest BCUT2D eigenvalue weighted by Gasteiger charge is -2.59. The second-order valence-electron chi connectivity index (χ2n) is 6.32. The zero-order valence-corrected chi connectivity index (χ0v) is 14.6. The molecule has 0 unspecified atom stereocenters. The molecule has 3 saturated carbocycles. The van der Waals surface area contributed by atoms with Gasteiger partial charge in [0.15, 0.2) is 0 Å². The molecule has 1 aromatic rings. The Balaban J connectivity index is 2.24. The van der Waals surface area contributed by atoms with Gasteiger partial charge < -0.3 is 5.11 Å². The average molecular weight is 449 g/mol. The maximum absolute atomic E-state index is 14.7. The molecule has 4 rings (SSSR count). The van der Waals surface area contributed by atoms with Gasteiger partial charge in [-0.25, -0.2) is 0 Å². The molecule has 0 amide bonds. The summed E-state index contributed by atoms with van der Waals surface area (Å²) in [6.45, 7) is 1.78. The predicted molar refractivity (Wildman–Crippen MR) is 83.9 cm³/mol. The number of hydrogen-bond donors (Lipinski definition) is 1. The van der Waals surface area contributed by atoms with Gasteiger partial charge in [0.25, 0.3) is 0 Å². The fourth-order valence-corrected chi connectivity index (χ4v) is 4.63. The molecule has 0 atom stereocenters. The van der Waals surface area contributed by atoms with Crippen molar-refractivity contribution in [1.82, 2.24) is 0 Å². The van der Waals surface area contributed by atoms with Gasteiger partial charge in [-0.1, -0.05) is 23.7 Å². The van der Waals surface area contributed by atoms with Crippen LogP contribution in [0.5, 0.6) is 0 Å². The van der Waals surface area contributed by atoms with Crippen LogP contribution in [-0.2, 0) is 5.41 Å². The highest BCUT2D eigenvalue weighted by atomic mass is 127. The van der Waals surface area contributed by atoms with E-state index in [-0.39, 0.29) is 36.3 Å². The zero-order valence-electron chi connectivity index (χ0n) is 11.7. The van der Waals surface area contributed by atoms with Crippen LogP contribution >= 0.6 is 34.2 Å². The molecule has 3 aliphatic rings. The van der Waals surface area contributed by atoms with Gasteiger partial charge in [0.2, 0.25) is 0 Å². The topological polar surface area (TPSA) is 20.2 Å². The first-order valence-corrected chi connectivity index (χ1v) is 8.39. The maximum atomic E-state index is 14.7. The molecule has 0 heterocycles. The second kappa shape index (κ2) is 4.72. The Morgan fingerprint density at radius 1 is 1.05 bits per heavy atom. The summed E-state index contributed by atoms with van der Waals surface area (Å²) in [5.41, 5.74) is -3.77. The van der Waals surface area contributed by atoms with E-state index >= 15 is 0 Å². The van der Waals surface area contributed by atoms with Crippen molar-refractivity contribution < 1.29 is 22.7 Å². The van der Waals surface area contributed by atoms with Crippen molar-refractivity contribution >= 4 is 34.2 Å². The first-order valence-electron chi connectivity index (χ1n) is 6.93. The molecule has 1 nitrogen and oxygen atoms in total. The van der Waals surface area contributed by atoms with E-state index in [0.717, 1.165) is 5.56 Å². The molecule has 122 valence electrons. The molecule has 0 radical (unpaired) electrons. The van der Waals surface area contributed by atoms with E-state index in [2.05, 4.69) is 0 Å². The Kier molecular flexibility index (Phi) is 3.60. The molecule has 0 spiro atoms. The molecular weight excluding hydrogens is 435 g/mol. The van der Waals surface area contributed by atoms with Gasteiger partial charge in [-0.2, -0.15) is 17.6 Å². The van der Waals surface area contributed by atoms with Gasteiger partial charge in [0.05, 0.1) is 10.4 Å². The first kappa shape index (κ1) is 16.8. The van der Waals surface area contributed by atoms with Crippen molar-refractivity contribution in [1.29, 1.82) is 0 Å². The lowest BCUT2D eigenvalue weighted by atomic mass is 9.52. The highest BCUT2D eigenvalue weighted by molar-refractivity contribution is 14.1. The number of aryl methyl sites for hydroxylation is 1. The van der Waals surface area contributed by atoms with Crippen molar-refractivity contribution in [2.45, 2.75) is 55.5 Å². The third-order valence-electron chi connectivity index (χ3n) is 5.30. The number of alkyl halides is 4. The Morgan fingerprint density at radius 3 is 2.14 bits per heavy atom. The molecule has 1 aromatic carbocycles. The fraction of sp³-hybridized carbons (Fsp3) is 0.600. The maximum Gasteiger partial charge on any atom is 0.338 e. The molecule has 7 heteroatoms. The van der Waals surface area contributed by atoms with Crippen molar-refractivity contribution in [3.8, 4) is 0 Å². The highest BCUT2D eigenvalue weighted by Crippen LogP contribution is 2.67. The van der Waals surface area contributed by atoms with E-state index < -0.39 is 22.9 Å². The molecule has 22 heavy (non-hydrogen) atoms. The Morgan fingerprint density at radius 2 is 1.59 bits per heavy atom. The largest absolute Gasteiger partial charge is 0.383 e. The summed E-state index contributed by atoms with van der Waals surface area (Å²) in [6.07, 6.45) is -1.11. The number of aliphatic hydroxyl groups is 1. The van der Waals surface area contributed by atoms with Crippen molar-refractivity contribution in [3.63, 3.8) is 0 Å². The fourth-order valence-electron chi connectivity index (χ4n) is 3.77. The van der Waals surface area contributed by atoms with Crippen LogP contribution in [0.15, 0.2) is 12.1 Å². The Hall–Kier alpha value is -0.0800. The smallest absolute Gasteiger partial charge is 0.338 e. The normalized spacial score (nSPS) is 35.6. The van der Waals surface area contributed by atoms with Crippen LogP contribution in [0.25, 0.3) is 0 Å². The third-order valence-corrected chi connectivity index (χ3v) is 7.40. The number of halogens is 6. The van der Waals surface area contributed by atoms with E-state index in [1.807, 2.05) is 22.6 Å². The quantitative estimate of drug-likeness (QED) is 0.469. The van der Waals surface area contributed by atoms with Crippen LogP contribution < -0.4 is 0 Å². The van der Waals surface area contributed by atoms with Crippen LogP contribution in [0.1, 0.15) is 36.8 Å². The lowest BCUT2D eigenvalue weighted by molar-refractivity contribution is -0.363. The second-order valence-corrected chi connectivity index (χ2v) is 7.78. The van der Waals surface area contributed by atoms with Gasteiger partial charge in [0.1, 0.15) is 5.60 Å². The molecule has 0 aromatic heterocycles. The predicted octanol–water partition coefficient (Wildman–Crippen LogP) is 5.08. The minimum atomic E-state index is -4.46. The van der Waals surface area contributed by atoms with Gasteiger partial charge in [-0.15, -0.1) is 0 Å². The minimum absolute atomic E-state index is 0.0654. The average Bonchev–Trinajstić information content (AvgIpc) is 2.44. The van der Waals surface area contributed by atoms with Gasteiger partial charge >= 0.3 is 11.8 Å². The standard InChI is InChI=1S/C15H14ClF4IO/c1-8-2-3-9(10(16)11(8)21)12-4-6-13(22,7-5-12)15(19,20)14(12,17)18/h2-3,22H,4-7H2,1H3. The van der Waals surface area contributed by atoms with Gasteiger partial charge in [-0.05, 0) is 66.3 Å². The number of rotatable bonds is 1. The zero-order chi connectivity index (χ0) is 16.6.